The largest absolute Gasteiger partial charge is 0.400 e. The first-order valence-electron chi connectivity index (χ1n) is 6.01. The SMILES string of the molecule is C[SiH2]OC(O[SiH2]C)C(C)(C)c1ccc(Br)cc1. The first-order valence-corrected chi connectivity index (χ1v) is 10.8. The second kappa shape index (κ2) is 6.85. The molecule has 0 saturated heterocycles. The summed E-state index contributed by atoms with van der Waals surface area (Å²) in [7, 11) is -0.917. The topological polar surface area (TPSA) is 18.5 Å². The van der Waals surface area contributed by atoms with Gasteiger partial charge in [-0.3, -0.25) is 0 Å². The molecule has 0 heterocycles. The van der Waals surface area contributed by atoms with Gasteiger partial charge < -0.3 is 8.85 Å². The fourth-order valence-electron chi connectivity index (χ4n) is 1.78. The molecule has 0 spiro atoms. The highest BCUT2D eigenvalue weighted by Crippen LogP contribution is 2.30. The average Bonchev–Trinajstić information content (AvgIpc) is 2.29. The molecule has 1 aromatic rings. The van der Waals surface area contributed by atoms with Gasteiger partial charge in [0.05, 0.1) is 0 Å². The first-order chi connectivity index (χ1) is 8.02. The Morgan fingerprint density at radius 1 is 1.06 bits per heavy atom. The van der Waals surface area contributed by atoms with Crippen LogP contribution in [0, 0.1) is 0 Å². The molecule has 5 heteroatoms. The maximum absolute atomic E-state index is 5.87. The summed E-state index contributed by atoms with van der Waals surface area (Å²) in [6.07, 6.45) is -0.0861. The van der Waals surface area contributed by atoms with Crippen molar-refractivity contribution in [1.82, 2.24) is 0 Å². The van der Waals surface area contributed by atoms with Crippen LogP contribution < -0.4 is 0 Å². The van der Waals surface area contributed by atoms with Crippen molar-refractivity contribution in [1.29, 1.82) is 0 Å². The highest BCUT2D eigenvalue weighted by molar-refractivity contribution is 9.10. The minimum Gasteiger partial charge on any atom is -0.400 e. The van der Waals surface area contributed by atoms with Gasteiger partial charge in [0.25, 0.3) is 0 Å². The Hall–Kier alpha value is 0.0538. The van der Waals surface area contributed by atoms with Gasteiger partial charge in [-0.2, -0.15) is 0 Å². The van der Waals surface area contributed by atoms with Crippen molar-refractivity contribution in [2.24, 2.45) is 0 Å². The molecule has 0 aromatic heterocycles. The summed E-state index contributed by atoms with van der Waals surface area (Å²) in [4.78, 5) is 0. The van der Waals surface area contributed by atoms with Gasteiger partial charge in [-0.15, -0.1) is 0 Å². The molecule has 17 heavy (non-hydrogen) atoms. The van der Waals surface area contributed by atoms with Gasteiger partial charge in [0.1, 0.15) is 6.29 Å². The molecule has 0 aliphatic rings. The van der Waals surface area contributed by atoms with E-state index in [0.717, 1.165) is 4.47 Å². The normalized spacial score (nSPS) is 15.1. The predicted octanol–water partition coefficient (Wildman–Crippen LogP) is 2.35. The highest BCUT2D eigenvalue weighted by Gasteiger charge is 2.31. The number of rotatable bonds is 6. The molecule has 0 unspecified atom stereocenters. The summed E-state index contributed by atoms with van der Waals surface area (Å²) in [5.74, 6) is 0. The fraction of sp³-hybridized carbons (Fsp3) is 0.500. The minimum atomic E-state index is -0.458. The lowest BCUT2D eigenvalue weighted by molar-refractivity contribution is -0.0433. The van der Waals surface area contributed by atoms with Gasteiger partial charge in [0, 0.05) is 9.89 Å². The molecule has 0 atom stereocenters. The monoisotopic (exact) mass is 332 g/mol. The molecule has 0 fully saturated rings. The smallest absolute Gasteiger partial charge is 0.161 e. The molecule has 1 rings (SSSR count). The Labute approximate surface area is 117 Å². The van der Waals surface area contributed by atoms with Crippen molar-refractivity contribution in [3.8, 4) is 0 Å². The Bertz CT molecular complexity index is 335. The van der Waals surface area contributed by atoms with Crippen LogP contribution in [0.5, 0.6) is 0 Å². The van der Waals surface area contributed by atoms with Gasteiger partial charge in [-0.1, -0.05) is 55.0 Å². The van der Waals surface area contributed by atoms with E-state index in [1.807, 2.05) is 0 Å². The second-order valence-corrected chi connectivity index (χ2v) is 7.21. The van der Waals surface area contributed by atoms with Crippen LogP contribution >= 0.6 is 15.9 Å². The number of hydrogen-bond donors (Lipinski definition) is 0. The Kier molecular flexibility index (Phi) is 6.09. The molecular weight excluding hydrogens is 312 g/mol. The molecule has 1 aromatic carbocycles. The van der Waals surface area contributed by atoms with E-state index in [9.17, 15) is 0 Å². The zero-order valence-corrected chi connectivity index (χ0v) is 15.4. The standard InChI is InChI=1S/C12H21BrO2Si2/c1-12(2,11(14-16-3)15-17-4)9-5-7-10(13)8-6-9/h5-8,11H,16-17H2,1-4H3. The summed E-state index contributed by atoms with van der Waals surface area (Å²) in [5, 5.41) is 0. The summed E-state index contributed by atoms with van der Waals surface area (Å²) in [5.41, 5.74) is 1.17. The zero-order chi connectivity index (χ0) is 12.9. The van der Waals surface area contributed by atoms with Crippen LogP contribution in [0.15, 0.2) is 28.7 Å². The third-order valence-electron chi connectivity index (χ3n) is 2.81. The van der Waals surface area contributed by atoms with Crippen LogP contribution in [-0.2, 0) is 14.3 Å². The van der Waals surface area contributed by atoms with E-state index < -0.39 is 19.5 Å². The van der Waals surface area contributed by atoms with Crippen LogP contribution in [0.3, 0.4) is 0 Å². The third kappa shape index (κ3) is 4.03. The number of hydrogen-bond acceptors (Lipinski definition) is 2. The molecule has 0 radical (unpaired) electrons. The van der Waals surface area contributed by atoms with E-state index >= 15 is 0 Å². The summed E-state index contributed by atoms with van der Waals surface area (Å²) in [6.45, 7) is 8.67. The van der Waals surface area contributed by atoms with E-state index in [1.54, 1.807) is 0 Å². The Balaban J connectivity index is 2.93. The fourth-order valence-corrected chi connectivity index (χ4v) is 3.87. The second-order valence-electron chi connectivity index (χ2n) is 4.47. The van der Waals surface area contributed by atoms with Gasteiger partial charge >= 0.3 is 0 Å². The van der Waals surface area contributed by atoms with Crippen LogP contribution in [-0.4, -0.2) is 25.8 Å². The van der Waals surface area contributed by atoms with Crippen molar-refractivity contribution in [2.45, 2.75) is 38.6 Å². The number of halogens is 1. The molecule has 0 bridgehead atoms. The molecular formula is C12H21BrO2Si2. The zero-order valence-electron chi connectivity index (χ0n) is 11.0. The summed E-state index contributed by atoms with van der Waals surface area (Å²) < 4.78 is 12.8. The molecule has 0 aliphatic heterocycles. The maximum atomic E-state index is 5.87. The average molecular weight is 333 g/mol. The van der Waals surface area contributed by atoms with Crippen LogP contribution in [0.2, 0.25) is 13.1 Å². The van der Waals surface area contributed by atoms with Crippen LogP contribution in [0.1, 0.15) is 19.4 Å². The third-order valence-corrected chi connectivity index (χ3v) is 4.61. The lowest BCUT2D eigenvalue weighted by Crippen LogP contribution is -2.39. The quantitative estimate of drug-likeness (QED) is 0.588. The first kappa shape index (κ1) is 15.1. The summed E-state index contributed by atoms with van der Waals surface area (Å²) >= 11 is 3.46. The lowest BCUT2D eigenvalue weighted by atomic mass is 9.84. The van der Waals surface area contributed by atoms with Crippen LogP contribution in [0.4, 0.5) is 0 Å². The van der Waals surface area contributed by atoms with E-state index in [-0.39, 0.29) is 11.7 Å². The highest BCUT2D eigenvalue weighted by atomic mass is 79.9. The van der Waals surface area contributed by atoms with Crippen molar-refractivity contribution in [3.63, 3.8) is 0 Å². The van der Waals surface area contributed by atoms with Crippen molar-refractivity contribution in [3.05, 3.63) is 34.3 Å². The van der Waals surface area contributed by atoms with Gasteiger partial charge in [-0.05, 0) is 17.7 Å². The van der Waals surface area contributed by atoms with Crippen molar-refractivity contribution >= 4 is 35.5 Å². The molecule has 0 saturated carbocycles. The van der Waals surface area contributed by atoms with E-state index in [4.69, 9.17) is 8.85 Å². The van der Waals surface area contributed by atoms with E-state index in [1.165, 1.54) is 5.56 Å². The van der Waals surface area contributed by atoms with Crippen molar-refractivity contribution < 1.29 is 8.85 Å². The molecule has 2 nitrogen and oxygen atoms in total. The van der Waals surface area contributed by atoms with Gasteiger partial charge in [0.15, 0.2) is 19.5 Å². The van der Waals surface area contributed by atoms with Gasteiger partial charge in [0.2, 0.25) is 0 Å². The minimum absolute atomic E-state index is 0.0861. The maximum Gasteiger partial charge on any atom is 0.161 e. The predicted molar refractivity (Wildman–Crippen MR) is 81.9 cm³/mol. The van der Waals surface area contributed by atoms with E-state index in [0.29, 0.717) is 0 Å². The van der Waals surface area contributed by atoms with Crippen LogP contribution in [0.25, 0.3) is 0 Å². The van der Waals surface area contributed by atoms with Gasteiger partial charge in [-0.25, -0.2) is 0 Å². The Morgan fingerprint density at radius 2 is 1.53 bits per heavy atom. The Morgan fingerprint density at radius 3 is 1.94 bits per heavy atom. The number of benzene rings is 1. The van der Waals surface area contributed by atoms with Crippen molar-refractivity contribution in [2.75, 3.05) is 0 Å². The summed E-state index contributed by atoms with van der Waals surface area (Å²) in [6, 6.07) is 8.41. The van der Waals surface area contributed by atoms with E-state index in [2.05, 4.69) is 67.1 Å². The lowest BCUT2D eigenvalue weighted by Gasteiger charge is -2.35. The molecule has 0 N–H and O–H groups in total. The molecule has 0 aliphatic carbocycles. The molecule has 96 valence electrons. The molecule has 0 amide bonds.